The second-order valence-electron chi connectivity index (χ2n) is 3.22. The van der Waals surface area contributed by atoms with Gasteiger partial charge in [-0.15, -0.1) is 0 Å². The minimum Gasteiger partial charge on any atom is -0.330 e. The van der Waals surface area contributed by atoms with Crippen molar-refractivity contribution in [3.05, 3.63) is 30.3 Å². The standard InChI is InChI=1S/C12H13N2O3/c1-2-11(16)14(12(17)13-8-9-15)10-6-4-3-5-7-10/h3-7H,2,8H2,1H3,(H,13,17). The average molecular weight is 233 g/mol. The molecule has 0 saturated carbocycles. The van der Waals surface area contributed by atoms with E-state index in [1.807, 2.05) is 0 Å². The SMILES string of the molecule is CCC(=O)N(C(=O)NC[C]=O)c1ccccc1. The molecule has 0 aliphatic carbocycles. The second-order valence-corrected chi connectivity index (χ2v) is 3.22. The summed E-state index contributed by atoms with van der Waals surface area (Å²) in [4.78, 5) is 34.5. The van der Waals surface area contributed by atoms with E-state index in [1.54, 1.807) is 43.5 Å². The quantitative estimate of drug-likeness (QED) is 0.851. The first-order chi connectivity index (χ1) is 8.20. The van der Waals surface area contributed by atoms with Crippen LogP contribution in [-0.2, 0) is 9.59 Å². The van der Waals surface area contributed by atoms with Crippen molar-refractivity contribution < 1.29 is 14.4 Å². The van der Waals surface area contributed by atoms with Gasteiger partial charge in [-0.2, -0.15) is 0 Å². The Hall–Kier alpha value is -2.17. The maximum atomic E-state index is 11.7. The molecular weight excluding hydrogens is 220 g/mol. The summed E-state index contributed by atoms with van der Waals surface area (Å²) in [5, 5.41) is 2.29. The third-order valence-electron chi connectivity index (χ3n) is 2.08. The molecule has 1 radical (unpaired) electrons. The summed E-state index contributed by atoms with van der Waals surface area (Å²) in [6, 6.07) is 7.92. The lowest BCUT2D eigenvalue weighted by Crippen LogP contribution is -2.44. The number of rotatable bonds is 4. The van der Waals surface area contributed by atoms with E-state index in [4.69, 9.17) is 0 Å². The van der Waals surface area contributed by atoms with Gasteiger partial charge in [-0.25, -0.2) is 9.69 Å². The first-order valence-corrected chi connectivity index (χ1v) is 5.21. The first-order valence-electron chi connectivity index (χ1n) is 5.21. The summed E-state index contributed by atoms with van der Waals surface area (Å²) in [5.74, 6) is -0.334. The van der Waals surface area contributed by atoms with Crippen molar-refractivity contribution in [3.8, 4) is 0 Å². The molecule has 0 aromatic heterocycles. The molecule has 0 heterocycles. The van der Waals surface area contributed by atoms with Crippen LogP contribution in [0.25, 0.3) is 0 Å². The van der Waals surface area contributed by atoms with Crippen molar-refractivity contribution in [2.75, 3.05) is 11.4 Å². The van der Waals surface area contributed by atoms with Gasteiger partial charge in [0.05, 0.1) is 12.2 Å². The van der Waals surface area contributed by atoms with Gasteiger partial charge in [-0.1, -0.05) is 25.1 Å². The highest BCUT2D eigenvalue weighted by molar-refractivity contribution is 6.14. The number of carbonyl (C=O) groups excluding carboxylic acids is 3. The molecule has 0 atom stereocenters. The Bertz CT molecular complexity index is 403. The smallest absolute Gasteiger partial charge is 0.329 e. The normalized spacial score (nSPS) is 9.47. The Balaban J connectivity index is 2.92. The number of nitrogens with zero attached hydrogens (tertiary/aromatic N) is 1. The van der Waals surface area contributed by atoms with Crippen molar-refractivity contribution >= 4 is 23.9 Å². The van der Waals surface area contributed by atoms with Gasteiger partial charge >= 0.3 is 6.03 Å². The van der Waals surface area contributed by atoms with Crippen LogP contribution >= 0.6 is 0 Å². The fourth-order valence-corrected chi connectivity index (χ4v) is 1.30. The van der Waals surface area contributed by atoms with Crippen molar-refractivity contribution in [1.29, 1.82) is 0 Å². The third-order valence-corrected chi connectivity index (χ3v) is 2.08. The van der Waals surface area contributed by atoms with Gasteiger partial charge in [0.25, 0.3) is 0 Å². The summed E-state index contributed by atoms with van der Waals surface area (Å²) in [7, 11) is 0. The summed E-state index contributed by atoms with van der Waals surface area (Å²) < 4.78 is 0. The molecule has 0 bridgehead atoms. The molecule has 5 nitrogen and oxygen atoms in total. The molecule has 1 rings (SSSR count). The van der Waals surface area contributed by atoms with E-state index < -0.39 is 6.03 Å². The highest BCUT2D eigenvalue weighted by atomic mass is 16.2. The van der Waals surface area contributed by atoms with Crippen molar-refractivity contribution in [2.24, 2.45) is 0 Å². The van der Waals surface area contributed by atoms with Crippen molar-refractivity contribution in [2.45, 2.75) is 13.3 Å². The van der Waals surface area contributed by atoms with Crippen LogP contribution < -0.4 is 10.2 Å². The van der Waals surface area contributed by atoms with Gasteiger partial charge in [0.2, 0.25) is 12.2 Å². The molecule has 1 N–H and O–H groups in total. The number of nitrogens with one attached hydrogen (secondary N) is 1. The molecule has 3 amide bonds. The predicted molar refractivity (Wildman–Crippen MR) is 63.3 cm³/mol. The summed E-state index contributed by atoms with van der Waals surface area (Å²) in [6.07, 6.45) is 1.74. The van der Waals surface area contributed by atoms with Gasteiger partial charge in [-0.3, -0.25) is 9.59 Å². The molecule has 0 unspecified atom stereocenters. The van der Waals surface area contributed by atoms with Crippen LogP contribution in [0.15, 0.2) is 30.3 Å². The van der Waals surface area contributed by atoms with Crippen LogP contribution in [-0.4, -0.2) is 24.8 Å². The Labute approximate surface area is 99.4 Å². The van der Waals surface area contributed by atoms with Crippen LogP contribution in [0.5, 0.6) is 0 Å². The maximum Gasteiger partial charge on any atom is 0.329 e. The van der Waals surface area contributed by atoms with E-state index in [9.17, 15) is 14.4 Å². The average Bonchev–Trinajstić information content (AvgIpc) is 2.37. The van der Waals surface area contributed by atoms with Crippen LogP contribution in [0.4, 0.5) is 10.5 Å². The van der Waals surface area contributed by atoms with Gasteiger partial charge in [-0.05, 0) is 12.1 Å². The van der Waals surface area contributed by atoms with E-state index in [2.05, 4.69) is 5.32 Å². The van der Waals surface area contributed by atoms with E-state index in [-0.39, 0.29) is 18.9 Å². The predicted octanol–water partition coefficient (Wildman–Crippen LogP) is 1.25. The van der Waals surface area contributed by atoms with E-state index in [0.29, 0.717) is 5.69 Å². The number of carbonyl (C=O) groups is 2. The number of benzene rings is 1. The van der Waals surface area contributed by atoms with Crippen LogP contribution in [0.1, 0.15) is 13.3 Å². The largest absolute Gasteiger partial charge is 0.330 e. The van der Waals surface area contributed by atoms with Gasteiger partial charge in [0.15, 0.2) is 0 Å². The molecule has 1 aromatic carbocycles. The number of hydrogen-bond acceptors (Lipinski definition) is 3. The van der Waals surface area contributed by atoms with Crippen LogP contribution in [0.3, 0.4) is 0 Å². The topological polar surface area (TPSA) is 66.5 Å². The summed E-state index contributed by atoms with van der Waals surface area (Å²) in [5.41, 5.74) is 0.475. The number of anilines is 1. The third kappa shape index (κ3) is 3.41. The zero-order chi connectivity index (χ0) is 12.7. The Kier molecular flexibility index (Phi) is 4.87. The lowest BCUT2D eigenvalue weighted by atomic mass is 10.2. The zero-order valence-electron chi connectivity index (χ0n) is 9.47. The van der Waals surface area contributed by atoms with Gasteiger partial charge < -0.3 is 5.32 Å². The second kappa shape index (κ2) is 6.42. The van der Waals surface area contributed by atoms with E-state index in [0.717, 1.165) is 4.90 Å². The molecular formula is C12H13N2O3. The van der Waals surface area contributed by atoms with Gasteiger partial charge in [0.1, 0.15) is 0 Å². The van der Waals surface area contributed by atoms with E-state index in [1.165, 1.54) is 0 Å². The molecule has 0 aliphatic rings. The fraction of sp³-hybridized carbons (Fsp3) is 0.250. The minimum atomic E-state index is -0.619. The summed E-state index contributed by atoms with van der Waals surface area (Å²) in [6.45, 7) is 1.43. The number of imide groups is 1. The number of amides is 3. The van der Waals surface area contributed by atoms with Crippen LogP contribution in [0.2, 0.25) is 0 Å². The van der Waals surface area contributed by atoms with Crippen LogP contribution in [0, 0.1) is 0 Å². The monoisotopic (exact) mass is 233 g/mol. The lowest BCUT2D eigenvalue weighted by molar-refractivity contribution is -0.117. The number of hydrogen-bond donors (Lipinski definition) is 1. The van der Waals surface area contributed by atoms with Gasteiger partial charge in [0, 0.05) is 6.42 Å². The molecule has 89 valence electrons. The Morgan fingerprint density at radius 1 is 1.29 bits per heavy atom. The van der Waals surface area contributed by atoms with E-state index >= 15 is 0 Å². The summed E-state index contributed by atoms with van der Waals surface area (Å²) >= 11 is 0. The highest BCUT2D eigenvalue weighted by Gasteiger charge is 2.21. The number of para-hydroxylation sites is 1. The molecule has 0 saturated heterocycles. The highest BCUT2D eigenvalue weighted by Crippen LogP contribution is 2.14. The molecule has 1 aromatic rings. The minimum absolute atomic E-state index is 0.202. The zero-order valence-corrected chi connectivity index (χ0v) is 9.47. The molecule has 17 heavy (non-hydrogen) atoms. The maximum absolute atomic E-state index is 11.7. The molecule has 5 heteroatoms. The Morgan fingerprint density at radius 3 is 2.47 bits per heavy atom. The Morgan fingerprint density at radius 2 is 1.94 bits per heavy atom. The number of urea groups is 1. The van der Waals surface area contributed by atoms with Crippen molar-refractivity contribution in [1.82, 2.24) is 5.32 Å². The molecule has 0 spiro atoms. The fourth-order valence-electron chi connectivity index (χ4n) is 1.30. The molecule has 0 fully saturated rings. The molecule has 0 aliphatic heterocycles. The first kappa shape index (κ1) is 12.9. The van der Waals surface area contributed by atoms with Crippen molar-refractivity contribution in [3.63, 3.8) is 0 Å². The lowest BCUT2D eigenvalue weighted by Gasteiger charge is -2.20.